The maximum absolute atomic E-state index is 10.6. The lowest BCUT2D eigenvalue weighted by atomic mass is 10.2. The molecule has 0 fully saturated rings. The highest BCUT2D eigenvalue weighted by molar-refractivity contribution is 6.35. The van der Waals surface area contributed by atoms with Crippen molar-refractivity contribution in [2.24, 2.45) is 5.73 Å². The van der Waals surface area contributed by atoms with E-state index in [0.717, 1.165) is 0 Å². The summed E-state index contributed by atoms with van der Waals surface area (Å²) in [5.41, 5.74) is 5.57. The van der Waals surface area contributed by atoms with Crippen LogP contribution in [0.2, 0.25) is 10.4 Å². The summed E-state index contributed by atoms with van der Waals surface area (Å²) in [4.78, 5) is 18.4. The van der Waals surface area contributed by atoms with Crippen molar-refractivity contribution in [2.45, 2.75) is 0 Å². The van der Waals surface area contributed by atoms with Crippen LogP contribution >= 0.6 is 23.2 Å². The van der Waals surface area contributed by atoms with Crippen LogP contribution in [-0.2, 0) is 4.79 Å². The van der Waals surface area contributed by atoms with Gasteiger partial charge < -0.3 is 10.5 Å². The minimum atomic E-state index is -0.552. The summed E-state index contributed by atoms with van der Waals surface area (Å²) in [5, 5.41) is 0.899. The Balaban J connectivity index is 2.40. The molecule has 1 amide bonds. The maximum Gasteiger partial charge on any atom is 0.255 e. The van der Waals surface area contributed by atoms with E-state index in [2.05, 4.69) is 9.97 Å². The Kier molecular flexibility index (Phi) is 3.31. The lowest BCUT2D eigenvalue weighted by molar-refractivity contribution is -0.119. The third-order valence-corrected chi connectivity index (χ3v) is 2.43. The van der Waals surface area contributed by atoms with Gasteiger partial charge in [0.25, 0.3) is 5.91 Å². The molecule has 2 aromatic rings. The molecular formula is C10H7Cl2N3O2. The Morgan fingerprint density at radius 3 is 2.82 bits per heavy atom. The highest BCUT2D eigenvalue weighted by Crippen LogP contribution is 2.26. The summed E-state index contributed by atoms with van der Waals surface area (Å²) in [5.74, 6) is -0.0901. The summed E-state index contributed by atoms with van der Waals surface area (Å²) in [6.07, 6.45) is 0. The summed E-state index contributed by atoms with van der Waals surface area (Å²) >= 11 is 11.6. The Hall–Kier alpha value is -1.59. The third-order valence-electron chi connectivity index (χ3n) is 1.97. The van der Waals surface area contributed by atoms with E-state index in [-0.39, 0.29) is 17.0 Å². The van der Waals surface area contributed by atoms with E-state index in [4.69, 9.17) is 33.7 Å². The lowest BCUT2D eigenvalue weighted by Crippen LogP contribution is -2.19. The molecule has 2 N–H and O–H groups in total. The minimum absolute atomic E-state index is 0.0771. The summed E-state index contributed by atoms with van der Waals surface area (Å²) in [7, 11) is 0. The zero-order valence-corrected chi connectivity index (χ0v) is 10.00. The first-order valence-corrected chi connectivity index (χ1v) is 5.36. The molecule has 0 aliphatic heterocycles. The molecule has 1 aromatic heterocycles. The number of benzene rings is 1. The number of nitrogens with two attached hydrogens (primary N) is 1. The maximum atomic E-state index is 10.6. The van der Waals surface area contributed by atoms with Crippen molar-refractivity contribution in [3.05, 3.63) is 28.6 Å². The first-order chi connectivity index (χ1) is 8.06. The molecule has 0 bridgehead atoms. The van der Waals surface area contributed by atoms with Crippen LogP contribution in [0.1, 0.15) is 0 Å². The molecule has 7 heteroatoms. The molecule has 0 aliphatic carbocycles. The first-order valence-electron chi connectivity index (χ1n) is 4.60. The number of carbonyl (C=O) groups is 1. The van der Waals surface area contributed by atoms with Crippen molar-refractivity contribution in [1.82, 2.24) is 9.97 Å². The van der Waals surface area contributed by atoms with Crippen molar-refractivity contribution in [3.8, 4) is 5.75 Å². The van der Waals surface area contributed by atoms with Crippen LogP contribution in [0.3, 0.4) is 0 Å². The zero-order chi connectivity index (χ0) is 12.4. The molecule has 0 spiro atoms. The first kappa shape index (κ1) is 11.9. The number of aromatic nitrogens is 2. The summed E-state index contributed by atoms with van der Waals surface area (Å²) in [6, 6.07) is 4.94. The molecule has 88 valence electrons. The van der Waals surface area contributed by atoms with Crippen LogP contribution in [0.4, 0.5) is 0 Å². The van der Waals surface area contributed by atoms with E-state index in [9.17, 15) is 4.79 Å². The smallest absolute Gasteiger partial charge is 0.255 e. The average molecular weight is 272 g/mol. The van der Waals surface area contributed by atoms with Gasteiger partial charge in [0.2, 0.25) is 5.28 Å². The standard InChI is InChI=1S/C10H7Cl2N3O2/c11-9-6-3-5(17-4-8(13)16)1-2-7(6)14-10(12)15-9/h1-3H,4H2,(H2,13,16). The highest BCUT2D eigenvalue weighted by Gasteiger charge is 2.06. The normalized spacial score (nSPS) is 10.5. The van der Waals surface area contributed by atoms with E-state index in [1.54, 1.807) is 18.2 Å². The highest BCUT2D eigenvalue weighted by atomic mass is 35.5. The van der Waals surface area contributed by atoms with Gasteiger partial charge in [-0.15, -0.1) is 0 Å². The molecule has 0 atom stereocenters. The van der Waals surface area contributed by atoms with Crippen LogP contribution in [-0.4, -0.2) is 22.5 Å². The predicted octanol–water partition coefficient (Wildman–Crippen LogP) is 1.80. The van der Waals surface area contributed by atoms with E-state index in [0.29, 0.717) is 16.7 Å². The molecule has 5 nitrogen and oxygen atoms in total. The molecule has 1 heterocycles. The van der Waals surface area contributed by atoms with Crippen molar-refractivity contribution < 1.29 is 9.53 Å². The van der Waals surface area contributed by atoms with Crippen LogP contribution in [0.15, 0.2) is 18.2 Å². The van der Waals surface area contributed by atoms with Gasteiger partial charge >= 0.3 is 0 Å². The summed E-state index contributed by atoms with van der Waals surface area (Å²) < 4.78 is 5.14. The van der Waals surface area contributed by atoms with Gasteiger partial charge in [-0.2, -0.15) is 0 Å². The predicted molar refractivity (Wildman–Crippen MR) is 64.2 cm³/mol. The second-order valence-electron chi connectivity index (χ2n) is 3.22. The number of amides is 1. The number of halogens is 2. The van der Waals surface area contributed by atoms with Crippen LogP contribution in [0.5, 0.6) is 5.75 Å². The van der Waals surface area contributed by atoms with Gasteiger partial charge in [0.15, 0.2) is 6.61 Å². The SMILES string of the molecule is NC(=O)COc1ccc2nc(Cl)nc(Cl)c2c1. The van der Waals surface area contributed by atoms with Crippen LogP contribution in [0, 0.1) is 0 Å². The number of hydrogen-bond donors (Lipinski definition) is 1. The quantitative estimate of drug-likeness (QED) is 0.682. The molecule has 0 aliphatic rings. The molecule has 0 saturated carbocycles. The zero-order valence-electron chi connectivity index (χ0n) is 8.48. The fourth-order valence-corrected chi connectivity index (χ4v) is 1.74. The molecule has 17 heavy (non-hydrogen) atoms. The van der Waals surface area contributed by atoms with E-state index >= 15 is 0 Å². The van der Waals surface area contributed by atoms with Gasteiger partial charge in [-0.25, -0.2) is 9.97 Å². The van der Waals surface area contributed by atoms with Gasteiger partial charge in [-0.05, 0) is 29.8 Å². The van der Waals surface area contributed by atoms with Crippen molar-refractivity contribution in [2.75, 3.05) is 6.61 Å². The van der Waals surface area contributed by atoms with E-state index < -0.39 is 5.91 Å². The van der Waals surface area contributed by atoms with Crippen molar-refractivity contribution in [3.63, 3.8) is 0 Å². The molecule has 2 rings (SSSR count). The molecule has 0 unspecified atom stereocenters. The molecule has 0 saturated heterocycles. The second-order valence-corrected chi connectivity index (χ2v) is 3.91. The number of nitrogens with zero attached hydrogens (tertiary/aromatic N) is 2. The van der Waals surface area contributed by atoms with E-state index in [1.165, 1.54) is 0 Å². The molecule has 0 radical (unpaired) electrons. The number of ether oxygens (including phenoxy) is 1. The fourth-order valence-electron chi connectivity index (χ4n) is 1.29. The fraction of sp³-hybridized carbons (Fsp3) is 0.100. The van der Waals surface area contributed by atoms with Crippen molar-refractivity contribution in [1.29, 1.82) is 0 Å². The van der Waals surface area contributed by atoms with Gasteiger partial charge in [-0.3, -0.25) is 4.79 Å². The van der Waals surface area contributed by atoms with Crippen molar-refractivity contribution >= 4 is 40.0 Å². The largest absolute Gasteiger partial charge is 0.484 e. The number of primary amides is 1. The Bertz CT molecular complexity index is 589. The second kappa shape index (κ2) is 4.73. The van der Waals surface area contributed by atoms with Gasteiger partial charge in [0.05, 0.1) is 5.52 Å². The number of fused-ring (bicyclic) bond motifs is 1. The topological polar surface area (TPSA) is 78.1 Å². The molecular weight excluding hydrogens is 265 g/mol. The number of hydrogen-bond acceptors (Lipinski definition) is 4. The monoisotopic (exact) mass is 271 g/mol. The lowest BCUT2D eigenvalue weighted by Gasteiger charge is -2.05. The average Bonchev–Trinajstić information content (AvgIpc) is 2.26. The Labute approximate surface area is 107 Å². The number of carbonyl (C=O) groups excluding carboxylic acids is 1. The number of rotatable bonds is 3. The van der Waals surface area contributed by atoms with Gasteiger partial charge in [0, 0.05) is 5.39 Å². The van der Waals surface area contributed by atoms with Crippen LogP contribution in [0.25, 0.3) is 10.9 Å². The minimum Gasteiger partial charge on any atom is -0.484 e. The van der Waals surface area contributed by atoms with Crippen LogP contribution < -0.4 is 10.5 Å². The van der Waals surface area contributed by atoms with Gasteiger partial charge in [-0.1, -0.05) is 11.6 Å². The third kappa shape index (κ3) is 2.75. The Morgan fingerprint density at radius 2 is 2.12 bits per heavy atom. The van der Waals surface area contributed by atoms with E-state index in [1.807, 2.05) is 0 Å². The molecule has 1 aromatic carbocycles. The van der Waals surface area contributed by atoms with Gasteiger partial charge in [0.1, 0.15) is 10.9 Å². The summed E-state index contributed by atoms with van der Waals surface area (Å²) in [6.45, 7) is -0.197. The Morgan fingerprint density at radius 1 is 1.35 bits per heavy atom.